The number of nitrogens with one attached hydrogen (secondary N) is 1. The van der Waals surface area contributed by atoms with Crippen LogP contribution in [0.15, 0.2) is 23.6 Å². The molecule has 1 aromatic carbocycles. The van der Waals surface area contributed by atoms with Crippen molar-refractivity contribution in [2.75, 3.05) is 5.32 Å². The Kier molecular flexibility index (Phi) is 5.91. The number of carbonyl (C=O) groups is 1. The Labute approximate surface area is 191 Å². The van der Waals surface area contributed by atoms with Gasteiger partial charge in [-0.05, 0) is 45.2 Å². The van der Waals surface area contributed by atoms with Gasteiger partial charge in [-0.1, -0.05) is 23.8 Å². The van der Waals surface area contributed by atoms with Crippen molar-refractivity contribution in [3.63, 3.8) is 0 Å². The Morgan fingerprint density at radius 1 is 1.12 bits per heavy atom. The number of benzene rings is 1. The van der Waals surface area contributed by atoms with Gasteiger partial charge in [0.15, 0.2) is 5.13 Å². The van der Waals surface area contributed by atoms with E-state index in [0.29, 0.717) is 28.5 Å². The van der Waals surface area contributed by atoms with Gasteiger partial charge in [0.05, 0.1) is 5.69 Å². The molecule has 0 spiro atoms. The predicted octanol–water partition coefficient (Wildman–Crippen LogP) is 5.07. The molecule has 0 saturated carbocycles. The lowest BCUT2D eigenvalue weighted by Crippen LogP contribution is -2.14. The fourth-order valence-electron chi connectivity index (χ4n) is 3.67. The minimum absolute atomic E-state index is 0.118. The molecule has 0 radical (unpaired) electrons. The number of amides is 1. The summed E-state index contributed by atoms with van der Waals surface area (Å²) in [5.41, 5.74) is 5.72. The number of hydrogen-bond acceptors (Lipinski definition) is 6. The van der Waals surface area contributed by atoms with Gasteiger partial charge in [0, 0.05) is 28.8 Å². The van der Waals surface area contributed by atoms with Crippen LogP contribution >= 0.6 is 11.3 Å². The van der Waals surface area contributed by atoms with E-state index in [0.717, 1.165) is 21.3 Å². The van der Waals surface area contributed by atoms with Crippen LogP contribution in [0.4, 0.5) is 18.3 Å². The fraction of sp³-hybridized carbons (Fsp3) is 0.318. The van der Waals surface area contributed by atoms with Crippen LogP contribution in [-0.2, 0) is 17.4 Å². The number of thiazole rings is 1. The lowest BCUT2D eigenvalue weighted by atomic mass is 10.0. The first kappa shape index (κ1) is 22.8. The number of rotatable bonds is 5. The zero-order valence-electron chi connectivity index (χ0n) is 18.4. The predicted molar refractivity (Wildman–Crippen MR) is 119 cm³/mol. The third-order valence-corrected chi connectivity index (χ3v) is 6.07. The summed E-state index contributed by atoms with van der Waals surface area (Å²) < 4.78 is 39.9. The van der Waals surface area contributed by atoms with E-state index in [1.54, 1.807) is 13.8 Å². The molecule has 3 aromatic heterocycles. The fourth-order valence-corrected chi connectivity index (χ4v) is 4.39. The second kappa shape index (κ2) is 8.54. The largest absolute Gasteiger partial charge is 0.453 e. The van der Waals surface area contributed by atoms with Crippen LogP contribution in [0.3, 0.4) is 0 Å². The Hall–Kier alpha value is -3.34. The minimum atomic E-state index is -4.65. The number of aromatic nitrogens is 5. The van der Waals surface area contributed by atoms with E-state index in [1.165, 1.54) is 16.9 Å². The normalized spacial score (nSPS) is 11.8. The Morgan fingerprint density at radius 2 is 1.88 bits per heavy atom. The first-order chi connectivity index (χ1) is 15.5. The van der Waals surface area contributed by atoms with E-state index >= 15 is 0 Å². The second-order valence-electron chi connectivity index (χ2n) is 7.81. The quantitative estimate of drug-likeness (QED) is 0.437. The van der Waals surface area contributed by atoms with Crippen LogP contribution in [-0.4, -0.2) is 30.5 Å². The number of fused-ring (bicyclic) bond motifs is 1. The second-order valence-corrected chi connectivity index (χ2v) is 8.67. The molecular formula is C22H21F3N6OS. The molecule has 0 saturated heterocycles. The maximum atomic E-state index is 12.9. The number of nitrogens with zero attached hydrogens (tertiary/aromatic N) is 5. The first-order valence-electron chi connectivity index (χ1n) is 10.2. The summed E-state index contributed by atoms with van der Waals surface area (Å²) in [5, 5.41) is 8.71. The molecule has 3 heterocycles. The van der Waals surface area contributed by atoms with Crippen molar-refractivity contribution in [1.82, 2.24) is 24.6 Å². The number of halogens is 3. The molecule has 0 unspecified atom stereocenters. The number of alkyl halides is 3. The number of aryl methyl sites for hydroxylation is 4. The molecule has 7 nitrogen and oxygen atoms in total. The highest BCUT2D eigenvalue weighted by atomic mass is 32.1. The number of anilines is 1. The average Bonchev–Trinajstić information content (AvgIpc) is 3.35. The van der Waals surface area contributed by atoms with Crippen molar-refractivity contribution in [3.8, 4) is 11.3 Å². The summed E-state index contributed by atoms with van der Waals surface area (Å²) >= 11 is 1.34. The van der Waals surface area contributed by atoms with Gasteiger partial charge in [-0.2, -0.15) is 18.2 Å². The molecule has 33 heavy (non-hydrogen) atoms. The summed E-state index contributed by atoms with van der Waals surface area (Å²) in [7, 11) is 0. The molecule has 0 aliphatic rings. The van der Waals surface area contributed by atoms with Gasteiger partial charge in [-0.3, -0.25) is 4.79 Å². The maximum absolute atomic E-state index is 12.9. The number of carbonyl (C=O) groups excluding carboxylic acids is 1. The van der Waals surface area contributed by atoms with Crippen molar-refractivity contribution in [3.05, 3.63) is 57.5 Å². The third kappa shape index (κ3) is 4.72. The molecule has 1 amide bonds. The molecule has 4 rings (SSSR count). The van der Waals surface area contributed by atoms with Gasteiger partial charge in [0.1, 0.15) is 0 Å². The van der Waals surface area contributed by atoms with Crippen LogP contribution in [0.2, 0.25) is 0 Å². The van der Waals surface area contributed by atoms with Gasteiger partial charge < -0.3 is 5.32 Å². The topological polar surface area (TPSA) is 85.1 Å². The summed E-state index contributed by atoms with van der Waals surface area (Å²) in [5.74, 6) is -1.60. The third-order valence-electron chi connectivity index (χ3n) is 5.31. The first-order valence-corrected chi connectivity index (χ1v) is 11.0. The van der Waals surface area contributed by atoms with Gasteiger partial charge in [-0.25, -0.2) is 14.5 Å². The maximum Gasteiger partial charge on any atom is 0.453 e. The zero-order valence-corrected chi connectivity index (χ0v) is 19.2. The van der Waals surface area contributed by atoms with E-state index in [1.807, 2.05) is 31.4 Å². The van der Waals surface area contributed by atoms with Crippen molar-refractivity contribution in [2.24, 2.45) is 0 Å². The smallest absolute Gasteiger partial charge is 0.302 e. The van der Waals surface area contributed by atoms with E-state index in [2.05, 4.69) is 31.4 Å². The molecule has 172 valence electrons. The van der Waals surface area contributed by atoms with Crippen LogP contribution < -0.4 is 5.32 Å². The molecule has 4 aromatic rings. The highest BCUT2D eigenvalue weighted by molar-refractivity contribution is 7.14. The standard InChI is InChI=1S/C22H21F3N6OS/c1-11-5-6-15(12(2)9-11)17-10-33-21(27-17)28-18(32)8-7-16-13(3)26-20-29-19(22(23,24)25)30-31(20)14(16)4/h5-6,9-10H,7-8H2,1-4H3,(H,27,28,32). The van der Waals surface area contributed by atoms with Crippen molar-refractivity contribution in [2.45, 2.75) is 46.7 Å². The molecule has 1 N–H and O–H groups in total. The zero-order chi connectivity index (χ0) is 23.9. The summed E-state index contributed by atoms with van der Waals surface area (Å²) in [4.78, 5) is 24.6. The average molecular weight is 475 g/mol. The Morgan fingerprint density at radius 3 is 2.58 bits per heavy atom. The van der Waals surface area contributed by atoms with E-state index in [4.69, 9.17) is 0 Å². The summed E-state index contributed by atoms with van der Waals surface area (Å²) in [6.07, 6.45) is -4.24. The molecule has 0 aliphatic carbocycles. The summed E-state index contributed by atoms with van der Waals surface area (Å²) in [6, 6.07) is 6.10. The summed E-state index contributed by atoms with van der Waals surface area (Å²) in [6.45, 7) is 7.36. The van der Waals surface area contributed by atoms with Crippen LogP contribution in [0, 0.1) is 27.7 Å². The van der Waals surface area contributed by atoms with E-state index in [-0.39, 0.29) is 18.1 Å². The van der Waals surface area contributed by atoms with Crippen molar-refractivity contribution < 1.29 is 18.0 Å². The van der Waals surface area contributed by atoms with Gasteiger partial charge >= 0.3 is 6.18 Å². The molecule has 0 aliphatic heterocycles. The van der Waals surface area contributed by atoms with Crippen LogP contribution in [0.25, 0.3) is 17.0 Å². The van der Waals surface area contributed by atoms with Crippen molar-refractivity contribution >= 4 is 28.2 Å². The SMILES string of the molecule is Cc1ccc(-c2csc(NC(=O)CCc3c(C)nc4nc(C(F)(F)F)nn4c3C)n2)c(C)c1. The molecule has 11 heteroatoms. The Bertz CT molecular complexity index is 1360. The van der Waals surface area contributed by atoms with Crippen LogP contribution in [0.1, 0.15) is 40.3 Å². The van der Waals surface area contributed by atoms with Gasteiger partial charge in [-0.15, -0.1) is 16.4 Å². The van der Waals surface area contributed by atoms with Crippen molar-refractivity contribution in [1.29, 1.82) is 0 Å². The minimum Gasteiger partial charge on any atom is -0.302 e. The van der Waals surface area contributed by atoms with Gasteiger partial charge in [0.2, 0.25) is 5.91 Å². The molecule has 0 bridgehead atoms. The highest BCUT2D eigenvalue weighted by Gasteiger charge is 2.37. The molecule has 0 atom stereocenters. The van der Waals surface area contributed by atoms with Gasteiger partial charge in [0.25, 0.3) is 11.6 Å². The lowest BCUT2D eigenvalue weighted by Gasteiger charge is -2.10. The van der Waals surface area contributed by atoms with E-state index < -0.39 is 12.0 Å². The molecule has 0 fully saturated rings. The highest BCUT2D eigenvalue weighted by Crippen LogP contribution is 2.29. The molecular weight excluding hydrogens is 453 g/mol. The van der Waals surface area contributed by atoms with Crippen LogP contribution in [0.5, 0.6) is 0 Å². The number of hydrogen-bond donors (Lipinski definition) is 1. The monoisotopic (exact) mass is 474 g/mol. The Balaban J connectivity index is 1.46. The van der Waals surface area contributed by atoms with E-state index in [9.17, 15) is 18.0 Å². The lowest BCUT2D eigenvalue weighted by molar-refractivity contribution is -0.144.